The van der Waals surface area contributed by atoms with E-state index in [9.17, 15) is 9.18 Å². The molecule has 2 aromatic carbocycles. The Labute approximate surface area is 145 Å². The first kappa shape index (κ1) is 15.6. The normalized spacial score (nSPS) is 16.6. The number of aromatic nitrogens is 2. The van der Waals surface area contributed by atoms with Gasteiger partial charge in [-0.3, -0.25) is 4.79 Å². The van der Waals surface area contributed by atoms with Crippen LogP contribution < -0.4 is 0 Å². The molecule has 25 heavy (non-hydrogen) atoms. The molecule has 1 aliphatic rings. The van der Waals surface area contributed by atoms with Crippen molar-refractivity contribution in [3.05, 3.63) is 83.4 Å². The van der Waals surface area contributed by atoms with E-state index in [1.807, 2.05) is 54.4 Å². The number of halogens is 1. The number of fused-ring (bicyclic) bond motifs is 1. The van der Waals surface area contributed by atoms with Gasteiger partial charge in [-0.15, -0.1) is 0 Å². The number of rotatable bonds is 2. The van der Waals surface area contributed by atoms with Crippen molar-refractivity contribution in [1.29, 1.82) is 0 Å². The predicted molar refractivity (Wildman–Crippen MR) is 93.1 cm³/mol. The third-order valence-electron chi connectivity index (χ3n) is 4.79. The van der Waals surface area contributed by atoms with Gasteiger partial charge in [-0.1, -0.05) is 6.07 Å². The number of hydrogen-bond donors (Lipinski definition) is 0. The highest BCUT2D eigenvalue weighted by atomic mass is 19.1. The minimum atomic E-state index is -0.261. The number of carbonyl (C=O) groups excluding carboxylic acids is 1. The minimum Gasteiger partial charge on any atom is -0.332 e. The molecule has 0 N–H and O–H groups in total. The van der Waals surface area contributed by atoms with Crippen LogP contribution in [0, 0.1) is 5.82 Å². The van der Waals surface area contributed by atoms with Crippen molar-refractivity contribution in [2.45, 2.75) is 19.4 Å². The van der Waals surface area contributed by atoms with E-state index in [2.05, 4.69) is 5.10 Å². The van der Waals surface area contributed by atoms with Crippen molar-refractivity contribution >= 4 is 5.91 Å². The van der Waals surface area contributed by atoms with E-state index in [4.69, 9.17) is 0 Å². The highest BCUT2D eigenvalue weighted by Crippen LogP contribution is 2.31. The predicted octanol–water partition coefficient (Wildman–Crippen LogP) is 3.77. The smallest absolute Gasteiger partial charge is 0.254 e. The van der Waals surface area contributed by atoms with Crippen LogP contribution in [0.25, 0.3) is 5.69 Å². The van der Waals surface area contributed by atoms with Crippen LogP contribution in [0.5, 0.6) is 0 Å². The summed E-state index contributed by atoms with van der Waals surface area (Å²) in [6.45, 7) is 2.59. The van der Waals surface area contributed by atoms with E-state index in [1.165, 1.54) is 6.07 Å². The maximum atomic E-state index is 13.6. The van der Waals surface area contributed by atoms with E-state index >= 15 is 0 Å². The maximum Gasteiger partial charge on any atom is 0.254 e. The molecular formula is C20H18FN3O. The maximum absolute atomic E-state index is 13.6. The van der Waals surface area contributed by atoms with Gasteiger partial charge in [0, 0.05) is 24.5 Å². The zero-order valence-corrected chi connectivity index (χ0v) is 13.9. The number of amides is 1. The van der Waals surface area contributed by atoms with E-state index in [0.717, 1.165) is 23.2 Å². The third-order valence-corrected chi connectivity index (χ3v) is 4.79. The Morgan fingerprint density at radius 3 is 2.72 bits per heavy atom. The monoisotopic (exact) mass is 335 g/mol. The molecule has 0 fully saturated rings. The zero-order valence-electron chi connectivity index (χ0n) is 13.9. The summed E-state index contributed by atoms with van der Waals surface area (Å²) in [4.78, 5) is 14.7. The van der Waals surface area contributed by atoms with Gasteiger partial charge in [0.1, 0.15) is 5.82 Å². The lowest BCUT2D eigenvalue weighted by molar-refractivity contribution is 0.0677. The van der Waals surface area contributed by atoms with Gasteiger partial charge in [0.15, 0.2) is 0 Å². The molecule has 1 aliphatic heterocycles. The molecule has 3 aromatic rings. The quantitative estimate of drug-likeness (QED) is 0.715. The zero-order chi connectivity index (χ0) is 17.4. The van der Waals surface area contributed by atoms with Crippen molar-refractivity contribution in [2.75, 3.05) is 6.54 Å². The second-order valence-electron chi connectivity index (χ2n) is 6.27. The summed E-state index contributed by atoms with van der Waals surface area (Å²) in [7, 11) is 0. The topological polar surface area (TPSA) is 38.1 Å². The van der Waals surface area contributed by atoms with Crippen molar-refractivity contribution in [1.82, 2.24) is 14.7 Å². The summed E-state index contributed by atoms with van der Waals surface area (Å²) in [6, 6.07) is 13.9. The van der Waals surface area contributed by atoms with E-state index in [0.29, 0.717) is 12.1 Å². The number of nitrogens with zero attached hydrogens (tertiary/aromatic N) is 3. The molecule has 0 saturated carbocycles. The molecule has 4 rings (SSSR count). The Balaban J connectivity index is 1.59. The van der Waals surface area contributed by atoms with Crippen LogP contribution in [0.4, 0.5) is 4.39 Å². The summed E-state index contributed by atoms with van der Waals surface area (Å²) in [6.07, 6.45) is 4.32. The van der Waals surface area contributed by atoms with Gasteiger partial charge >= 0.3 is 0 Å². The van der Waals surface area contributed by atoms with Crippen molar-refractivity contribution < 1.29 is 9.18 Å². The Morgan fingerprint density at radius 2 is 2.00 bits per heavy atom. The molecule has 0 radical (unpaired) electrons. The Hall–Kier alpha value is -2.95. The van der Waals surface area contributed by atoms with Crippen LogP contribution >= 0.6 is 0 Å². The first-order valence-corrected chi connectivity index (χ1v) is 8.33. The highest BCUT2D eigenvalue weighted by Gasteiger charge is 2.28. The van der Waals surface area contributed by atoms with Gasteiger partial charge in [0.2, 0.25) is 0 Å². The van der Waals surface area contributed by atoms with Gasteiger partial charge < -0.3 is 4.90 Å². The molecule has 1 atom stereocenters. The third kappa shape index (κ3) is 2.82. The van der Waals surface area contributed by atoms with Crippen molar-refractivity contribution in [2.24, 2.45) is 0 Å². The summed E-state index contributed by atoms with van der Waals surface area (Å²) in [5.74, 6) is -0.294. The Morgan fingerprint density at radius 1 is 1.20 bits per heavy atom. The fourth-order valence-electron chi connectivity index (χ4n) is 3.41. The lowest BCUT2D eigenvalue weighted by Gasteiger charge is -2.35. The molecule has 0 bridgehead atoms. The molecule has 1 unspecified atom stereocenters. The minimum absolute atomic E-state index is 0.0329. The molecule has 5 heteroatoms. The largest absolute Gasteiger partial charge is 0.332 e. The Bertz CT molecular complexity index is 903. The van der Waals surface area contributed by atoms with Crippen LogP contribution in [0.1, 0.15) is 34.5 Å². The molecule has 4 nitrogen and oxygen atoms in total. The first-order chi connectivity index (χ1) is 12.1. The molecule has 0 spiro atoms. The van der Waals surface area contributed by atoms with Crippen LogP contribution in [0.3, 0.4) is 0 Å². The second-order valence-corrected chi connectivity index (χ2v) is 6.27. The molecular weight excluding hydrogens is 317 g/mol. The van der Waals surface area contributed by atoms with E-state index < -0.39 is 0 Å². The van der Waals surface area contributed by atoms with Crippen LogP contribution in [0.15, 0.2) is 60.9 Å². The van der Waals surface area contributed by atoms with E-state index in [1.54, 1.807) is 16.9 Å². The van der Waals surface area contributed by atoms with Crippen molar-refractivity contribution in [3.63, 3.8) is 0 Å². The second kappa shape index (κ2) is 6.16. The molecule has 0 saturated heterocycles. The summed E-state index contributed by atoms with van der Waals surface area (Å²) < 4.78 is 15.3. The summed E-state index contributed by atoms with van der Waals surface area (Å²) in [5.41, 5.74) is 3.54. The van der Waals surface area contributed by atoms with Gasteiger partial charge in [0.25, 0.3) is 5.91 Å². The summed E-state index contributed by atoms with van der Waals surface area (Å²) in [5, 5.41) is 4.18. The van der Waals surface area contributed by atoms with Gasteiger partial charge in [-0.05, 0) is 66.9 Å². The highest BCUT2D eigenvalue weighted by molar-refractivity contribution is 5.94. The molecule has 0 aliphatic carbocycles. The lowest BCUT2D eigenvalue weighted by Crippen LogP contribution is -2.38. The molecule has 1 amide bonds. The van der Waals surface area contributed by atoms with E-state index in [-0.39, 0.29) is 17.8 Å². The average molecular weight is 335 g/mol. The standard InChI is InChI=1S/C20H18FN3O/c1-14-19-13-17(21)6-3-15(19)9-12-23(14)20(25)16-4-7-18(8-5-16)24-11-2-10-22-24/h2-8,10-11,13-14H,9,12H2,1H3. The molecule has 126 valence electrons. The SMILES string of the molecule is CC1c2cc(F)ccc2CCN1C(=O)c1ccc(-n2cccn2)cc1. The Kier molecular flexibility index (Phi) is 3.84. The van der Waals surface area contributed by atoms with Crippen LogP contribution in [-0.4, -0.2) is 27.1 Å². The lowest BCUT2D eigenvalue weighted by atomic mass is 9.93. The molecule has 2 heterocycles. The van der Waals surface area contributed by atoms with Gasteiger partial charge in [-0.25, -0.2) is 9.07 Å². The summed E-state index contributed by atoms with van der Waals surface area (Å²) >= 11 is 0. The number of carbonyl (C=O) groups is 1. The average Bonchev–Trinajstić information content (AvgIpc) is 3.17. The fraction of sp³-hybridized carbons (Fsp3) is 0.200. The van der Waals surface area contributed by atoms with Crippen LogP contribution in [0.2, 0.25) is 0 Å². The molecule has 1 aromatic heterocycles. The number of benzene rings is 2. The fourth-order valence-corrected chi connectivity index (χ4v) is 3.41. The van der Waals surface area contributed by atoms with Gasteiger partial charge in [0.05, 0.1) is 11.7 Å². The number of hydrogen-bond acceptors (Lipinski definition) is 2. The van der Waals surface area contributed by atoms with Gasteiger partial charge in [-0.2, -0.15) is 5.10 Å². The van der Waals surface area contributed by atoms with Crippen molar-refractivity contribution in [3.8, 4) is 5.69 Å². The van der Waals surface area contributed by atoms with Crippen LogP contribution in [-0.2, 0) is 6.42 Å². The first-order valence-electron chi connectivity index (χ1n) is 8.33.